The summed E-state index contributed by atoms with van der Waals surface area (Å²) in [5.74, 6) is 2.53. The molecular formula is C20H27N3O2. The molecule has 134 valence electrons. The van der Waals surface area contributed by atoms with Crippen molar-refractivity contribution in [3.63, 3.8) is 0 Å². The van der Waals surface area contributed by atoms with E-state index in [0.29, 0.717) is 12.0 Å². The molecular weight excluding hydrogens is 314 g/mol. The SMILES string of the molecule is COc1cccc2c1CCC2NC[C@@H]1CCCO[C@H]1c1nccn1C. The summed E-state index contributed by atoms with van der Waals surface area (Å²) in [6.07, 6.45) is 8.48. The molecule has 3 atom stereocenters. The van der Waals surface area contributed by atoms with Crippen LogP contribution >= 0.6 is 0 Å². The highest BCUT2D eigenvalue weighted by molar-refractivity contribution is 5.45. The predicted molar refractivity (Wildman–Crippen MR) is 96.7 cm³/mol. The van der Waals surface area contributed by atoms with E-state index in [9.17, 15) is 0 Å². The first kappa shape index (κ1) is 16.6. The van der Waals surface area contributed by atoms with Gasteiger partial charge in [-0.15, -0.1) is 0 Å². The minimum absolute atomic E-state index is 0.0902. The van der Waals surface area contributed by atoms with Gasteiger partial charge in [0.15, 0.2) is 0 Å². The second-order valence-electron chi connectivity index (χ2n) is 7.12. The van der Waals surface area contributed by atoms with E-state index in [0.717, 1.165) is 44.0 Å². The number of imidazole rings is 1. The van der Waals surface area contributed by atoms with Crippen LogP contribution in [0.1, 0.15) is 48.4 Å². The van der Waals surface area contributed by atoms with E-state index in [4.69, 9.17) is 9.47 Å². The Hall–Kier alpha value is -1.85. The molecule has 1 aliphatic carbocycles. The van der Waals surface area contributed by atoms with Crippen molar-refractivity contribution >= 4 is 0 Å². The molecule has 1 N–H and O–H groups in total. The zero-order chi connectivity index (χ0) is 17.2. The van der Waals surface area contributed by atoms with Gasteiger partial charge in [0.2, 0.25) is 0 Å². The van der Waals surface area contributed by atoms with Gasteiger partial charge in [0.05, 0.1) is 7.11 Å². The number of aryl methyl sites for hydroxylation is 1. The zero-order valence-electron chi connectivity index (χ0n) is 15.1. The molecule has 1 aromatic carbocycles. The molecule has 5 heteroatoms. The summed E-state index contributed by atoms with van der Waals surface area (Å²) >= 11 is 0. The van der Waals surface area contributed by atoms with Crippen molar-refractivity contribution in [2.45, 2.75) is 37.8 Å². The predicted octanol–water partition coefficient (Wildman–Crippen LogP) is 3.17. The van der Waals surface area contributed by atoms with Crippen LogP contribution in [0.5, 0.6) is 5.75 Å². The Morgan fingerprint density at radius 1 is 1.36 bits per heavy atom. The highest BCUT2D eigenvalue weighted by Crippen LogP contribution is 2.38. The second-order valence-corrected chi connectivity index (χ2v) is 7.12. The number of rotatable bonds is 5. The first-order chi connectivity index (χ1) is 12.3. The van der Waals surface area contributed by atoms with Gasteiger partial charge < -0.3 is 19.4 Å². The summed E-state index contributed by atoms with van der Waals surface area (Å²) in [5.41, 5.74) is 2.76. The van der Waals surface area contributed by atoms with Gasteiger partial charge in [0.25, 0.3) is 0 Å². The summed E-state index contributed by atoms with van der Waals surface area (Å²) in [4.78, 5) is 4.52. The first-order valence-corrected chi connectivity index (χ1v) is 9.26. The Kier molecular flexibility index (Phi) is 4.77. The maximum Gasteiger partial charge on any atom is 0.137 e. The third-order valence-corrected chi connectivity index (χ3v) is 5.63. The number of ether oxygens (including phenoxy) is 2. The number of hydrogen-bond acceptors (Lipinski definition) is 4. The average molecular weight is 341 g/mol. The van der Waals surface area contributed by atoms with Crippen LogP contribution < -0.4 is 10.1 Å². The number of nitrogens with one attached hydrogen (secondary N) is 1. The van der Waals surface area contributed by atoms with Crippen LogP contribution in [0.15, 0.2) is 30.6 Å². The molecule has 2 aromatic rings. The largest absolute Gasteiger partial charge is 0.496 e. The molecule has 1 aromatic heterocycles. The zero-order valence-corrected chi connectivity index (χ0v) is 15.1. The molecule has 1 fully saturated rings. The maximum atomic E-state index is 6.09. The summed E-state index contributed by atoms with van der Waals surface area (Å²) in [6, 6.07) is 6.80. The van der Waals surface area contributed by atoms with Gasteiger partial charge in [0, 0.05) is 44.6 Å². The van der Waals surface area contributed by atoms with Crippen LogP contribution in [0.25, 0.3) is 0 Å². The molecule has 2 heterocycles. The Balaban J connectivity index is 1.46. The molecule has 0 amide bonds. The summed E-state index contributed by atoms with van der Waals surface area (Å²) in [5, 5.41) is 3.80. The van der Waals surface area contributed by atoms with Gasteiger partial charge in [-0.1, -0.05) is 12.1 Å². The van der Waals surface area contributed by atoms with Crippen LogP contribution in [0.4, 0.5) is 0 Å². The molecule has 0 radical (unpaired) electrons. The van der Waals surface area contributed by atoms with Gasteiger partial charge in [-0.25, -0.2) is 4.98 Å². The summed E-state index contributed by atoms with van der Waals surface area (Å²) < 4.78 is 13.7. The molecule has 1 aliphatic heterocycles. The minimum atomic E-state index is 0.0902. The molecule has 0 bridgehead atoms. The second kappa shape index (κ2) is 7.18. The lowest BCUT2D eigenvalue weighted by Gasteiger charge is -2.32. The number of hydrogen-bond donors (Lipinski definition) is 1. The normalized spacial score (nSPS) is 25.8. The molecule has 2 aliphatic rings. The molecule has 4 rings (SSSR count). The molecule has 0 saturated carbocycles. The number of aromatic nitrogens is 2. The molecule has 25 heavy (non-hydrogen) atoms. The topological polar surface area (TPSA) is 48.3 Å². The summed E-state index contributed by atoms with van der Waals surface area (Å²) in [6.45, 7) is 1.79. The Morgan fingerprint density at radius 3 is 3.08 bits per heavy atom. The standard InChI is InChI=1S/C20H27N3O2/c1-23-11-10-21-20(23)19-14(5-4-12-25-19)13-22-17-9-8-16-15(17)6-3-7-18(16)24-2/h3,6-7,10-11,14,17,19,22H,4-5,8-9,12-13H2,1-2H3/t14-,17?,19+/m0/s1. The molecule has 5 nitrogen and oxygen atoms in total. The number of methoxy groups -OCH3 is 1. The lowest BCUT2D eigenvalue weighted by molar-refractivity contribution is -0.0350. The van der Waals surface area contributed by atoms with Crippen molar-refractivity contribution in [3.05, 3.63) is 47.5 Å². The number of fused-ring (bicyclic) bond motifs is 1. The van der Waals surface area contributed by atoms with Crippen LogP contribution in [0.2, 0.25) is 0 Å². The third kappa shape index (κ3) is 3.18. The number of benzene rings is 1. The van der Waals surface area contributed by atoms with Crippen molar-refractivity contribution in [2.24, 2.45) is 13.0 Å². The van der Waals surface area contributed by atoms with Gasteiger partial charge in [-0.3, -0.25) is 0 Å². The third-order valence-electron chi connectivity index (χ3n) is 5.63. The van der Waals surface area contributed by atoms with Crippen molar-refractivity contribution in [3.8, 4) is 5.75 Å². The van der Waals surface area contributed by atoms with Crippen LogP contribution in [-0.2, 0) is 18.2 Å². The lowest BCUT2D eigenvalue weighted by atomic mass is 9.93. The van der Waals surface area contributed by atoms with Crippen LogP contribution in [0.3, 0.4) is 0 Å². The molecule has 0 spiro atoms. The van der Waals surface area contributed by atoms with Gasteiger partial charge in [0.1, 0.15) is 17.7 Å². The lowest BCUT2D eigenvalue weighted by Crippen LogP contribution is -2.34. The number of nitrogens with zero attached hydrogens (tertiary/aromatic N) is 2. The molecule has 1 unspecified atom stereocenters. The van der Waals surface area contributed by atoms with E-state index in [2.05, 4.69) is 33.1 Å². The van der Waals surface area contributed by atoms with Gasteiger partial charge in [-0.05, 0) is 42.9 Å². The monoisotopic (exact) mass is 341 g/mol. The maximum absolute atomic E-state index is 6.09. The van der Waals surface area contributed by atoms with E-state index >= 15 is 0 Å². The highest BCUT2D eigenvalue weighted by Gasteiger charge is 2.32. The quantitative estimate of drug-likeness (QED) is 0.907. The van der Waals surface area contributed by atoms with Crippen molar-refractivity contribution < 1.29 is 9.47 Å². The van der Waals surface area contributed by atoms with E-state index in [-0.39, 0.29) is 6.10 Å². The van der Waals surface area contributed by atoms with Crippen molar-refractivity contribution in [1.82, 2.24) is 14.9 Å². The fourth-order valence-electron chi connectivity index (χ4n) is 4.31. The summed E-state index contributed by atoms with van der Waals surface area (Å²) in [7, 11) is 3.80. The van der Waals surface area contributed by atoms with E-state index in [1.165, 1.54) is 17.5 Å². The van der Waals surface area contributed by atoms with Crippen molar-refractivity contribution in [2.75, 3.05) is 20.3 Å². The van der Waals surface area contributed by atoms with E-state index < -0.39 is 0 Å². The van der Waals surface area contributed by atoms with Crippen molar-refractivity contribution in [1.29, 1.82) is 0 Å². The Bertz CT molecular complexity index is 727. The average Bonchev–Trinajstić information content (AvgIpc) is 3.26. The Labute approximate surface area is 149 Å². The fraction of sp³-hybridized carbons (Fsp3) is 0.550. The van der Waals surface area contributed by atoms with Crippen LogP contribution in [0, 0.1) is 5.92 Å². The van der Waals surface area contributed by atoms with E-state index in [1.807, 2.05) is 19.4 Å². The van der Waals surface area contributed by atoms with Gasteiger partial charge >= 0.3 is 0 Å². The minimum Gasteiger partial charge on any atom is -0.496 e. The Morgan fingerprint density at radius 2 is 2.28 bits per heavy atom. The van der Waals surface area contributed by atoms with E-state index in [1.54, 1.807) is 7.11 Å². The van der Waals surface area contributed by atoms with Gasteiger partial charge in [-0.2, -0.15) is 0 Å². The first-order valence-electron chi connectivity index (χ1n) is 9.26. The highest BCUT2D eigenvalue weighted by atomic mass is 16.5. The molecule has 1 saturated heterocycles. The smallest absolute Gasteiger partial charge is 0.137 e. The fourth-order valence-corrected chi connectivity index (χ4v) is 4.31. The van der Waals surface area contributed by atoms with Crippen LogP contribution in [-0.4, -0.2) is 29.8 Å².